The first-order valence-electron chi connectivity index (χ1n) is 5.61. The molecule has 1 unspecified atom stereocenters. The average molecular weight is 222 g/mol. The summed E-state index contributed by atoms with van der Waals surface area (Å²) in [5.74, 6) is 0.835. The molecule has 0 bridgehead atoms. The van der Waals surface area contributed by atoms with Crippen LogP contribution < -0.4 is 4.74 Å². The molecule has 0 fully saturated rings. The summed E-state index contributed by atoms with van der Waals surface area (Å²) in [6.07, 6.45) is 0.633. The molecule has 1 aromatic rings. The molecule has 0 aliphatic heterocycles. The van der Waals surface area contributed by atoms with E-state index in [9.17, 15) is 5.11 Å². The van der Waals surface area contributed by atoms with E-state index in [1.807, 2.05) is 52.0 Å². The minimum Gasteiger partial charge on any atom is -0.497 e. The van der Waals surface area contributed by atoms with Crippen LogP contribution in [0.4, 0.5) is 0 Å². The summed E-state index contributed by atoms with van der Waals surface area (Å²) in [7, 11) is 1.65. The molecule has 1 rings (SSSR count). The zero-order chi connectivity index (χ0) is 12.4. The van der Waals surface area contributed by atoms with Crippen LogP contribution in [0.1, 0.15) is 33.3 Å². The van der Waals surface area contributed by atoms with Crippen LogP contribution in [0.15, 0.2) is 24.3 Å². The lowest BCUT2D eigenvalue weighted by Crippen LogP contribution is -2.41. The molecule has 0 aliphatic carbocycles. The molecule has 90 valence electrons. The van der Waals surface area contributed by atoms with E-state index in [2.05, 4.69) is 0 Å². The molecule has 0 radical (unpaired) electrons. The maximum atomic E-state index is 10.4. The first kappa shape index (κ1) is 13.0. The summed E-state index contributed by atoms with van der Waals surface area (Å²) in [6.45, 7) is 8.03. The number of hydrogen-bond donors (Lipinski definition) is 1. The van der Waals surface area contributed by atoms with Crippen molar-refractivity contribution in [3.63, 3.8) is 0 Å². The number of methoxy groups -OCH3 is 1. The van der Waals surface area contributed by atoms with Gasteiger partial charge in [0.2, 0.25) is 0 Å². The lowest BCUT2D eigenvalue weighted by atomic mass is 9.74. The molecule has 0 aliphatic rings. The second-order valence-electron chi connectivity index (χ2n) is 5.55. The molecule has 1 aromatic carbocycles. The van der Waals surface area contributed by atoms with Gasteiger partial charge in [-0.1, -0.05) is 32.9 Å². The Balaban J connectivity index is 2.88. The van der Waals surface area contributed by atoms with Crippen LogP contribution in [0.25, 0.3) is 0 Å². The van der Waals surface area contributed by atoms with Gasteiger partial charge >= 0.3 is 0 Å². The SMILES string of the molecule is COc1cccc(CC(C)(O)C(C)(C)C)c1. The van der Waals surface area contributed by atoms with Crippen molar-refractivity contribution in [3.8, 4) is 5.75 Å². The van der Waals surface area contributed by atoms with Crippen molar-refractivity contribution in [3.05, 3.63) is 29.8 Å². The fourth-order valence-electron chi connectivity index (χ4n) is 1.45. The maximum Gasteiger partial charge on any atom is 0.119 e. The molecule has 0 aromatic heterocycles. The predicted octanol–water partition coefficient (Wildman–Crippen LogP) is 3.03. The third-order valence-corrected chi connectivity index (χ3v) is 3.30. The molecule has 0 amide bonds. The van der Waals surface area contributed by atoms with E-state index >= 15 is 0 Å². The molecule has 0 spiro atoms. The molecule has 0 heterocycles. The van der Waals surface area contributed by atoms with E-state index in [1.54, 1.807) is 7.11 Å². The largest absolute Gasteiger partial charge is 0.497 e. The lowest BCUT2D eigenvalue weighted by molar-refractivity contribution is -0.0405. The van der Waals surface area contributed by atoms with Crippen molar-refractivity contribution in [2.45, 2.75) is 39.7 Å². The van der Waals surface area contributed by atoms with Gasteiger partial charge in [0.25, 0.3) is 0 Å². The molecular weight excluding hydrogens is 200 g/mol. The standard InChI is InChI=1S/C14H22O2/c1-13(2,3)14(4,15)10-11-7-6-8-12(9-11)16-5/h6-9,15H,10H2,1-5H3. The van der Waals surface area contributed by atoms with Crippen molar-refractivity contribution in [2.75, 3.05) is 7.11 Å². The maximum absolute atomic E-state index is 10.4. The Kier molecular flexibility index (Phi) is 3.64. The van der Waals surface area contributed by atoms with Crippen molar-refractivity contribution >= 4 is 0 Å². The number of ether oxygens (including phenoxy) is 1. The highest BCUT2D eigenvalue weighted by Gasteiger charge is 2.35. The number of aliphatic hydroxyl groups is 1. The average Bonchev–Trinajstić information content (AvgIpc) is 2.15. The lowest BCUT2D eigenvalue weighted by Gasteiger charge is -2.37. The fraction of sp³-hybridized carbons (Fsp3) is 0.571. The fourth-order valence-corrected chi connectivity index (χ4v) is 1.45. The molecule has 2 heteroatoms. The Morgan fingerprint density at radius 3 is 2.31 bits per heavy atom. The second kappa shape index (κ2) is 4.46. The Labute approximate surface area is 98.3 Å². The summed E-state index contributed by atoms with van der Waals surface area (Å²) < 4.78 is 5.17. The molecule has 2 nitrogen and oxygen atoms in total. The molecule has 1 atom stereocenters. The van der Waals surface area contributed by atoms with Gasteiger partial charge in [0.1, 0.15) is 5.75 Å². The Hall–Kier alpha value is -1.02. The first-order valence-corrected chi connectivity index (χ1v) is 5.61. The van der Waals surface area contributed by atoms with E-state index in [4.69, 9.17) is 4.74 Å². The quantitative estimate of drug-likeness (QED) is 0.851. The Morgan fingerprint density at radius 1 is 1.19 bits per heavy atom. The third kappa shape index (κ3) is 2.99. The van der Waals surface area contributed by atoms with Crippen molar-refractivity contribution in [1.29, 1.82) is 0 Å². The number of rotatable bonds is 3. The second-order valence-corrected chi connectivity index (χ2v) is 5.55. The Bertz CT molecular complexity index is 348. The van der Waals surface area contributed by atoms with Gasteiger partial charge < -0.3 is 9.84 Å². The van der Waals surface area contributed by atoms with Gasteiger partial charge in [-0.15, -0.1) is 0 Å². The van der Waals surface area contributed by atoms with Gasteiger partial charge in [-0.05, 0) is 30.0 Å². The summed E-state index contributed by atoms with van der Waals surface area (Å²) >= 11 is 0. The van der Waals surface area contributed by atoms with E-state index in [0.29, 0.717) is 6.42 Å². The van der Waals surface area contributed by atoms with E-state index < -0.39 is 5.60 Å². The van der Waals surface area contributed by atoms with Gasteiger partial charge in [0.15, 0.2) is 0 Å². The van der Waals surface area contributed by atoms with E-state index in [0.717, 1.165) is 11.3 Å². The minimum absolute atomic E-state index is 0.143. The van der Waals surface area contributed by atoms with Crippen molar-refractivity contribution in [2.24, 2.45) is 5.41 Å². The smallest absolute Gasteiger partial charge is 0.119 e. The minimum atomic E-state index is -0.723. The van der Waals surface area contributed by atoms with Crippen LogP contribution in [0, 0.1) is 5.41 Å². The highest BCUT2D eigenvalue weighted by molar-refractivity contribution is 5.29. The van der Waals surface area contributed by atoms with E-state index in [1.165, 1.54) is 0 Å². The zero-order valence-corrected chi connectivity index (χ0v) is 10.9. The molecule has 0 saturated heterocycles. The highest BCUT2D eigenvalue weighted by atomic mass is 16.5. The van der Waals surface area contributed by atoms with Crippen molar-refractivity contribution in [1.82, 2.24) is 0 Å². The molecule has 1 N–H and O–H groups in total. The summed E-state index contributed by atoms with van der Waals surface area (Å²) in [6, 6.07) is 7.85. The predicted molar refractivity (Wildman–Crippen MR) is 66.8 cm³/mol. The van der Waals surface area contributed by atoms with Crippen LogP contribution in [-0.4, -0.2) is 17.8 Å². The van der Waals surface area contributed by atoms with Crippen LogP contribution >= 0.6 is 0 Å². The van der Waals surface area contributed by atoms with Crippen molar-refractivity contribution < 1.29 is 9.84 Å². The Morgan fingerprint density at radius 2 is 1.81 bits per heavy atom. The number of benzene rings is 1. The van der Waals surface area contributed by atoms with Gasteiger partial charge in [-0.3, -0.25) is 0 Å². The van der Waals surface area contributed by atoms with Gasteiger partial charge in [-0.25, -0.2) is 0 Å². The molecular formula is C14H22O2. The summed E-state index contributed by atoms with van der Waals surface area (Å²) in [5, 5.41) is 10.4. The summed E-state index contributed by atoms with van der Waals surface area (Å²) in [5.41, 5.74) is 0.231. The topological polar surface area (TPSA) is 29.5 Å². The molecule has 0 saturated carbocycles. The summed E-state index contributed by atoms with van der Waals surface area (Å²) in [4.78, 5) is 0. The van der Waals surface area contributed by atoms with Gasteiger partial charge in [-0.2, -0.15) is 0 Å². The van der Waals surface area contributed by atoms with Crippen LogP contribution in [0.3, 0.4) is 0 Å². The van der Waals surface area contributed by atoms with Gasteiger partial charge in [0.05, 0.1) is 12.7 Å². The number of hydrogen-bond acceptors (Lipinski definition) is 2. The van der Waals surface area contributed by atoms with Crippen LogP contribution in [0.5, 0.6) is 5.75 Å². The molecule has 16 heavy (non-hydrogen) atoms. The van der Waals surface area contributed by atoms with Crippen LogP contribution in [0.2, 0.25) is 0 Å². The van der Waals surface area contributed by atoms with E-state index in [-0.39, 0.29) is 5.41 Å². The third-order valence-electron chi connectivity index (χ3n) is 3.30. The first-order chi connectivity index (χ1) is 7.26. The monoisotopic (exact) mass is 222 g/mol. The highest BCUT2D eigenvalue weighted by Crippen LogP contribution is 2.33. The van der Waals surface area contributed by atoms with Gasteiger partial charge in [0, 0.05) is 6.42 Å². The van der Waals surface area contributed by atoms with Crippen LogP contribution in [-0.2, 0) is 6.42 Å². The zero-order valence-electron chi connectivity index (χ0n) is 10.9. The normalized spacial score (nSPS) is 15.6.